The summed E-state index contributed by atoms with van der Waals surface area (Å²) in [5.74, 6) is 1.60. The smallest absolute Gasteiger partial charge is 0.193 e. The number of aliphatic imine (C=N–C) groups is 1. The Morgan fingerprint density at radius 2 is 2.21 bits per heavy atom. The van der Waals surface area contributed by atoms with E-state index in [2.05, 4.69) is 53.5 Å². The second-order valence-electron chi connectivity index (χ2n) is 7.21. The minimum Gasteiger partial charge on any atom is -0.356 e. The zero-order valence-electron chi connectivity index (χ0n) is 16.4. The summed E-state index contributed by atoms with van der Waals surface area (Å²) in [7, 11) is 1.86. The summed E-state index contributed by atoms with van der Waals surface area (Å²) in [6, 6.07) is 6.49. The number of guanidine groups is 1. The van der Waals surface area contributed by atoms with Crippen LogP contribution in [0, 0.1) is 5.92 Å². The van der Waals surface area contributed by atoms with Crippen LogP contribution in [-0.4, -0.2) is 56.5 Å². The number of aromatic nitrogens is 4. The lowest BCUT2D eigenvalue weighted by Crippen LogP contribution is -2.49. The molecule has 3 aromatic heterocycles. The number of hydrogen-bond acceptors (Lipinski definition) is 3. The highest BCUT2D eigenvalue weighted by molar-refractivity contribution is 14.0. The highest BCUT2D eigenvalue weighted by Gasteiger charge is 2.28. The maximum Gasteiger partial charge on any atom is 0.193 e. The Bertz CT molecular complexity index is 869. The van der Waals surface area contributed by atoms with Gasteiger partial charge in [-0.15, -0.1) is 24.0 Å². The Morgan fingerprint density at radius 1 is 1.32 bits per heavy atom. The van der Waals surface area contributed by atoms with E-state index in [1.807, 2.05) is 44.0 Å². The number of fused-ring (bicyclic) bond motifs is 1. The summed E-state index contributed by atoms with van der Waals surface area (Å²) in [6.07, 6.45) is 12.0. The van der Waals surface area contributed by atoms with E-state index in [9.17, 15) is 0 Å². The van der Waals surface area contributed by atoms with Gasteiger partial charge in [0.2, 0.25) is 0 Å². The van der Waals surface area contributed by atoms with Crippen LogP contribution in [0.1, 0.15) is 25.1 Å². The van der Waals surface area contributed by atoms with Gasteiger partial charge in [0, 0.05) is 57.9 Å². The lowest BCUT2D eigenvalue weighted by atomic mass is 9.93. The molecule has 0 aromatic carbocycles. The van der Waals surface area contributed by atoms with Crippen LogP contribution < -0.4 is 5.32 Å². The highest BCUT2D eigenvalue weighted by atomic mass is 127. The average molecular weight is 493 g/mol. The summed E-state index contributed by atoms with van der Waals surface area (Å²) in [5.41, 5.74) is 2.08. The Hall–Kier alpha value is -2.10. The van der Waals surface area contributed by atoms with E-state index in [1.54, 1.807) is 0 Å². The number of piperidine rings is 1. The number of imidazole rings is 2. The monoisotopic (exact) mass is 493 g/mol. The quantitative estimate of drug-likeness (QED) is 0.345. The molecule has 150 valence electrons. The molecule has 3 aromatic rings. The number of nitrogens with zero attached hydrogens (tertiary/aromatic N) is 6. The molecule has 1 aliphatic rings. The normalized spacial score (nSPS) is 20.2. The van der Waals surface area contributed by atoms with Gasteiger partial charge in [-0.1, -0.05) is 13.0 Å². The van der Waals surface area contributed by atoms with Crippen LogP contribution in [0.15, 0.2) is 54.3 Å². The average Bonchev–Trinajstić information content (AvgIpc) is 3.35. The van der Waals surface area contributed by atoms with Gasteiger partial charge in [-0.2, -0.15) is 0 Å². The van der Waals surface area contributed by atoms with Crippen LogP contribution in [0.5, 0.6) is 0 Å². The first-order chi connectivity index (χ1) is 13.2. The number of nitrogens with one attached hydrogen (secondary N) is 1. The van der Waals surface area contributed by atoms with Crippen molar-refractivity contribution in [2.75, 3.05) is 26.7 Å². The summed E-state index contributed by atoms with van der Waals surface area (Å²) in [6.45, 7) is 5.12. The molecule has 0 amide bonds. The molecule has 4 rings (SSSR count). The summed E-state index contributed by atoms with van der Waals surface area (Å²) < 4.78 is 4.28. The van der Waals surface area contributed by atoms with Gasteiger partial charge in [-0.05, 0) is 24.5 Å². The van der Waals surface area contributed by atoms with E-state index < -0.39 is 0 Å². The van der Waals surface area contributed by atoms with Crippen LogP contribution in [0.3, 0.4) is 0 Å². The van der Waals surface area contributed by atoms with Crippen molar-refractivity contribution in [3.8, 4) is 0 Å². The van der Waals surface area contributed by atoms with Gasteiger partial charge in [0.1, 0.15) is 5.65 Å². The molecule has 4 heterocycles. The summed E-state index contributed by atoms with van der Waals surface area (Å²) in [5, 5.41) is 3.51. The van der Waals surface area contributed by atoms with Crippen molar-refractivity contribution < 1.29 is 0 Å². The Labute approximate surface area is 182 Å². The molecule has 1 aliphatic heterocycles. The number of halogens is 1. The van der Waals surface area contributed by atoms with E-state index >= 15 is 0 Å². The Kier molecular flexibility index (Phi) is 6.93. The topological polar surface area (TPSA) is 62.8 Å². The molecule has 1 N–H and O–H groups in total. The third-order valence-corrected chi connectivity index (χ3v) is 5.42. The lowest BCUT2D eigenvalue weighted by molar-refractivity contribution is 0.189. The SMILES string of the molecule is CN=C(NCCc1cn2ccccc2n1)N1CCC(C)C(n2ccnc2)C1.I. The van der Waals surface area contributed by atoms with Gasteiger partial charge < -0.3 is 19.2 Å². The third-order valence-electron chi connectivity index (χ3n) is 5.42. The first kappa shape index (κ1) is 20.6. The fourth-order valence-electron chi connectivity index (χ4n) is 3.84. The van der Waals surface area contributed by atoms with Crippen molar-refractivity contribution in [1.82, 2.24) is 29.2 Å². The van der Waals surface area contributed by atoms with Crippen molar-refractivity contribution in [2.24, 2.45) is 10.9 Å². The van der Waals surface area contributed by atoms with E-state index in [0.29, 0.717) is 12.0 Å². The second kappa shape index (κ2) is 9.40. The molecule has 1 saturated heterocycles. The van der Waals surface area contributed by atoms with E-state index in [-0.39, 0.29) is 24.0 Å². The summed E-state index contributed by atoms with van der Waals surface area (Å²) >= 11 is 0. The number of hydrogen-bond donors (Lipinski definition) is 1. The van der Waals surface area contributed by atoms with Gasteiger partial charge in [-0.25, -0.2) is 9.97 Å². The molecule has 28 heavy (non-hydrogen) atoms. The number of pyridine rings is 1. The molecule has 2 unspecified atom stereocenters. The van der Waals surface area contributed by atoms with Gasteiger partial charge in [-0.3, -0.25) is 4.99 Å². The molecular weight excluding hydrogens is 465 g/mol. The zero-order valence-corrected chi connectivity index (χ0v) is 18.7. The molecule has 0 spiro atoms. The van der Waals surface area contributed by atoms with Gasteiger partial charge >= 0.3 is 0 Å². The van der Waals surface area contributed by atoms with Crippen LogP contribution in [-0.2, 0) is 6.42 Å². The zero-order chi connectivity index (χ0) is 18.6. The van der Waals surface area contributed by atoms with Crippen LogP contribution >= 0.6 is 24.0 Å². The Morgan fingerprint density at radius 3 is 2.96 bits per heavy atom. The summed E-state index contributed by atoms with van der Waals surface area (Å²) in [4.78, 5) is 15.7. The fourth-order valence-corrected chi connectivity index (χ4v) is 3.84. The molecular formula is C20H28IN7. The highest BCUT2D eigenvalue weighted by Crippen LogP contribution is 2.27. The van der Waals surface area contributed by atoms with Crippen LogP contribution in [0.2, 0.25) is 0 Å². The molecule has 7 nitrogen and oxygen atoms in total. The van der Waals surface area contributed by atoms with Crippen molar-refractivity contribution in [3.63, 3.8) is 0 Å². The molecule has 0 aliphatic carbocycles. The van der Waals surface area contributed by atoms with Gasteiger partial charge in [0.15, 0.2) is 5.96 Å². The van der Waals surface area contributed by atoms with Crippen molar-refractivity contribution in [2.45, 2.75) is 25.8 Å². The van der Waals surface area contributed by atoms with Crippen molar-refractivity contribution in [3.05, 3.63) is 55.0 Å². The molecule has 2 atom stereocenters. The molecule has 0 radical (unpaired) electrons. The van der Waals surface area contributed by atoms with Crippen molar-refractivity contribution >= 4 is 35.6 Å². The molecule has 1 fully saturated rings. The minimum atomic E-state index is 0. The maximum atomic E-state index is 4.66. The number of rotatable bonds is 4. The number of likely N-dealkylation sites (tertiary alicyclic amines) is 1. The molecule has 0 bridgehead atoms. The molecule has 8 heteroatoms. The molecule has 0 saturated carbocycles. The first-order valence-electron chi connectivity index (χ1n) is 9.60. The predicted octanol–water partition coefficient (Wildman–Crippen LogP) is 2.85. The third kappa shape index (κ3) is 4.48. The first-order valence-corrected chi connectivity index (χ1v) is 9.60. The van der Waals surface area contributed by atoms with Crippen molar-refractivity contribution in [1.29, 1.82) is 0 Å². The van der Waals surface area contributed by atoms with E-state index in [1.165, 1.54) is 0 Å². The van der Waals surface area contributed by atoms with Gasteiger partial charge in [0.25, 0.3) is 0 Å². The largest absolute Gasteiger partial charge is 0.356 e. The van der Waals surface area contributed by atoms with Crippen LogP contribution in [0.25, 0.3) is 5.65 Å². The Balaban J connectivity index is 0.00000225. The fraction of sp³-hybridized carbons (Fsp3) is 0.450. The van der Waals surface area contributed by atoms with E-state index in [0.717, 1.165) is 49.8 Å². The standard InChI is InChI=1S/C20H27N7.HI/c1-16-7-11-26(14-18(16)27-12-9-22-15-27)20(21-2)23-8-6-17-13-25-10-4-3-5-19(25)24-17;/h3-5,9-10,12-13,15-16,18H,6-8,11,14H2,1-2H3,(H,21,23);1H. The van der Waals surface area contributed by atoms with Gasteiger partial charge in [0.05, 0.1) is 18.1 Å². The lowest BCUT2D eigenvalue weighted by Gasteiger charge is -2.39. The maximum absolute atomic E-state index is 4.66. The predicted molar refractivity (Wildman–Crippen MR) is 122 cm³/mol. The van der Waals surface area contributed by atoms with E-state index in [4.69, 9.17) is 0 Å². The van der Waals surface area contributed by atoms with Crippen LogP contribution in [0.4, 0.5) is 0 Å². The minimum absolute atomic E-state index is 0. The second-order valence-corrected chi connectivity index (χ2v) is 7.21.